The number of hydrogen-bond acceptors (Lipinski definition) is 2. The zero-order valence-corrected chi connectivity index (χ0v) is 13.2. The number of hydrogen-bond donors (Lipinski definition) is 1. The van der Waals surface area contributed by atoms with Crippen LogP contribution in [0.3, 0.4) is 0 Å². The van der Waals surface area contributed by atoms with Crippen LogP contribution in [0.15, 0.2) is 16.6 Å². The van der Waals surface area contributed by atoms with E-state index in [1.165, 1.54) is 0 Å². The minimum atomic E-state index is -0.310. The Kier molecular flexibility index (Phi) is 5.53. The van der Waals surface area contributed by atoms with Crippen molar-refractivity contribution in [2.24, 2.45) is 5.73 Å². The van der Waals surface area contributed by atoms with Crippen LogP contribution in [0.1, 0.15) is 32.3 Å². The molecule has 0 spiro atoms. The van der Waals surface area contributed by atoms with Gasteiger partial charge in [-0.15, -0.1) is 0 Å². The summed E-state index contributed by atoms with van der Waals surface area (Å²) in [4.78, 5) is 2.15. The molecule has 100 valence electrons. The van der Waals surface area contributed by atoms with Gasteiger partial charge in [0.25, 0.3) is 0 Å². The van der Waals surface area contributed by atoms with Gasteiger partial charge < -0.3 is 10.6 Å². The lowest BCUT2D eigenvalue weighted by atomic mass is 10.1. The third-order valence-corrected chi connectivity index (χ3v) is 4.19. The fraction of sp³-hybridized carbons (Fsp3) is 0.462. The maximum absolute atomic E-state index is 14.3. The van der Waals surface area contributed by atoms with Crippen molar-refractivity contribution in [2.75, 3.05) is 11.9 Å². The Labute approximate surface area is 121 Å². The van der Waals surface area contributed by atoms with Gasteiger partial charge in [-0.05, 0) is 40.9 Å². The molecule has 2 nitrogen and oxygen atoms in total. The molecule has 0 atom stereocenters. The number of halogens is 2. The third-order valence-electron chi connectivity index (χ3n) is 3.20. The molecule has 0 saturated heterocycles. The smallest absolute Gasteiger partial charge is 0.161 e. The molecule has 0 aliphatic rings. The zero-order valence-electron chi connectivity index (χ0n) is 10.8. The van der Waals surface area contributed by atoms with E-state index < -0.39 is 0 Å². The van der Waals surface area contributed by atoms with Crippen molar-refractivity contribution < 1.29 is 4.39 Å². The van der Waals surface area contributed by atoms with Crippen molar-refractivity contribution in [3.05, 3.63) is 28.0 Å². The van der Waals surface area contributed by atoms with Gasteiger partial charge in [0.1, 0.15) is 4.99 Å². The molecule has 0 heterocycles. The molecule has 1 rings (SSSR count). The molecule has 2 N–H and O–H groups in total. The summed E-state index contributed by atoms with van der Waals surface area (Å²) in [7, 11) is 1.91. The largest absolute Gasteiger partial charge is 0.389 e. The van der Waals surface area contributed by atoms with E-state index in [0.717, 1.165) is 12.8 Å². The van der Waals surface area contributed by atoms with Gasteiger partial charge in [0.15, 0.2) is 5.82 Å². The number of nitrogens with zero attached hydrogens (tertiary/aromatic N) is 1. The van der Waals surface area contributed by atoms with Crippen LogP contribution >= 0.6 is 28.1 Å². The highest BCUT2D eigenvalue weighted by atomic mass is 79.9. The van der Waals surface area contributed by atoms with Crippen LogP contribution < -0.4 is 10.6 Å². The van der Waals surface area contributed by atoms with E-state index in [2.05, 4.69) is 29.8 Å². The van der Waals surface area contributed by atoms with Crippen LogP contribution in [-0.4, -0.2) is 18.1 Å². The molecule has 1 aromatic rings. The number of anilines is 1. The molecule has 1 aromatic carbocycles. The average molecular weight is 333 g/mol. The van der Waals surface area contributed by atoms with Crippen LogP contribution in [0, 0.1) is 5.82 Å². The first kappa shape index (κ1) is 15.4. The minimum Gasteiger partial charge on any atom is -0.389 e. The maximum Gasteiger partial charge on any atom is 0.161 e. The van der Waals surface area contributed by atoms with E-state index >= 15 is 0 Å². The fourth-order valence-corrected chi connectivity index (χ4v) is 2.89. The first-order chi connectivity index (χ1) is 8.43. The van der Waals surface area contributed by atoms with Crippen LogP contribution in [0.5, 0.6) is 0 Å². The number of benzene rings is 1. The van der Waals surface area contributed by atoms with E-state index in [1.54, 1.807) is 12.1 Å². The monoisotopic (exact) mass is 332 g/mol. The average Bonchev–Trinajstić information content (AvgIpc) is 2.33. The van der Waals surface area contributed by atoms with Gasteiger partial charge in [-0.2, -0.15) is 0 Å². The molecule has 0 saturated carbocycles. The van der Waals surface area contributed by atoms with E-state index in [-0.39, 0.29) is 10.8 Å². The second-order valence-corrected chi connectivity index (χ2v) is 5.44. The number of rotatable bonds is 5. The SMILES string of the molecule is CCC(CC)N(C)c1ccc(C(N)=S)c(Br)c1F. The van der Waals surface area contributed by atoms with Crippen molar-refractivity contribution in [3.63, 3.8) is 0 Å². The summed E-state index contributed by atoms with van der Waals surface area (Å²) < 4.78 is 14.6. The molecule has 0 aliphatic heterocycles. The van der Waals surface area contributed by atoms with Crippen LogP contribution in [0.4, 0.5) is 10.1 Å². The standard InChI is InChI=1S/C13H18BrFN2S/c1-4-8(5-2)17(3)10-7-6-9(13(16)18)11(14)12(10)15/h6-8H,4-5H2,1-3H3,(H2,16,18). The second kappa shape index (κ2) is 6.48. The molecule has 0 aliphatic carbocycles. The molecule has 0 amide bonds. The van der Waals surface area contributed by atoms with E-state index in [9.17, 15) is 4.39 Å². The Morgan fingerprint density at radius 1 is 1.44 bits per heavy atom. The van der Waals surface area contributed by atoms with Crippen LogP contribution in [-0.2, 0) is 0 Å². The van der Waals surface area contributed by atoms with E-state index in [0.29, 0.717) is 21.8 Å². The summed E-state index contributed by atoms with van der Waals surface area (Å²) in [5.74, 6) is -0.310. The summed E-state index contributed by atoms with van der Waals surface area (Å²) in [5, 5.41) is 0. The van der Waals surface area contributed by atoms with Gasteiger partial charge in [0, 0.05) is 18.7 Å². The summed E-state index contributed by atoms with van der Waals surface area (Å²) in [6.45, 7) is 4.20. The number of thiocarbonyl (C=S) groups is 1. The summed E-state index contributed by atoms with van der Waals surface area (Å²) in [6, 6.07) is 3.80. The molecule has 0 radical (unpaired) electrons. The molecule has 5 heteroatoms. The Hall–Kier alpha value is -0.680. The summed E-state index contributed by atoms with van der Waals surface area (Å²) in [5.41, 5.74) is 6.64. The van der Waals surface area contributed by atoms with E-state index in [1.807, 2.05) is 11.9 Å². The first-order valence-corrected chi connectivity index (χ1v) is 7.14. The van der Waals surface area contributed by atoms with Crippen LogP contribution in [0.25, 0.3) is 0 Å². The van der Waals surface area contributed by atoms with Gasteiger partial charge in [0.05, 0.1) is 10.2 Å². The highest BCUT2D eigenvalue weighted by molar-refractivity contribution is 9.10. The van der Waals surface area contributed by atoms with Gasteiger partial charge in [-0.3, -0.25) is 0 Å². The second-order valence-electron chi connectivity index (χ2n) is 4.21. The highest BCUT2D eigenvalue weighted by Gasteiger charge is 2.19. The lowest BCUT2D eigenvalue weighted by molar-refractivity contribution is 0.563. The van der Waals surface area contributed by atoms with Crippen molar-refractivity contribution in [3.8, 4) is 0 Å². The topological polar surface area (TPSA) is 29.3 Å². The molecule has 0 fully saturated rings. The number of nitrogens with two attached hydrogens (primary N) is 1. The van der Waals surface area contributed by atoms with Crippen molar-refractivity contribution in [1.29, 1.82) is 0 Å². The first-order valence-electron chi connectivity index (χ1n) is 5.94. The van der Waals surface area contributed by atoms with Crippen LogP contribution in [0.2, 0.25) is 0 Å². The summed E-state index contributed by atoms with van der Waals surface area (Å²) >= 11 is 8.11. The molecular weight excluding hydrogens is 315 g/mol. The Bertz CT molecular complexity index is 447. The molecule has 0 bridgehead atoms. The van der Waals surface area contributed by atoms with Crippen molar-refractivity contribution >= 4 is 38.8 Å². The predicted octanol–water partition coefficient (Wildman–Crippen LogP) is 3.85. The Balaban J connectivity index is 3.20. The third kappa shape index (κ3) is 3.01. The minimum absolute atomic E-state index is 0.192. The van der Waals surface area contributed by atoms with Crippen molar-refractivity contribution in [2.45, 2.75) is 32.7 Å². The molecule has 0 unspecified atom stereocenters. The van der Waals surface area contributed by atoms with Gasteiger partial charge in [0.2, 0.25) is 0 Å². The van der Waals surface area contributed by atoms with E-state index in [4.69, 9.17) is 18.0 Å². The van der Waals surface area contributed by atoms with Gasteiger partial charge in [-0.1, -0.05) is 26.1 Å². The summed E-state index contributed by atoms with van der Waals surface area (Å²) in [6.07, 6.45) is 1.95. The zero-order chi connectivity index (χ0) is 13.9. The maximum atomic E-state index is 14.3. The fourth-order valence-electron chi connectivity index (χ4n) is 2.04. The highest BCUT2D eigenvalue weighted by Crippen LogP contribution is 2.30. The molecule has 18 heavy (non-hydrogen) atoms. The predicted molar refractivity (Wildman–Crippen MR) is 82.8 cm³/mol. The molecule has 0 aromatic heterocycles. The van der Waals surface area contributed by atoms with Gasteiger partial charge in [-0.25, -0.2) is 4.39 Å². The molecular formula is C13H18BrFN2S. The Morgan fingerprint density at radius 2 is 2.00 bits per heavy atom. The quantitative estimate of drug-likeness (QED) is 0.830. The van der Waals surface area contributed by atoms with Crippen molar-refractivity contribution in [1.82, 2.24) is 0 Å². The lowest BCUT2D eigenvalue weighted by Crippen LogP contribution is -2.31. The normalized spacial score (nSPS) is 10.8. The Morgan fingerprint density at radius 3 is 2.44 bits per heavy atom. The lowest BCUT2D eigenvalue weighted by Gasteiger charge is -2.29. The van der Waals surface area contributed by atoms with Gasteiger partial charge >= 0.3 is 0 Å².